The number of carboxylic acid groups (broad SMARTS) is 1. The molecule has 3 aliphatic rings. The summed E-state index contributed by atoms with van der Waals surface area (Å²) in [6.45, 7) is 0.501. The van der Waals surface area contributed by atoms with Crippen LogP contribution in [0.2, 0.25) is 0 Å². The Bertz CT molecular complexity index is 1660. The number of Topliss-reactive ketones (excluding diaryl/α,β-unsaturated/α-hetero) is 1. The monoisotopic (exact) mass is 658 g/mol. The van der Waals surface area contributed by atoms with Gasteiger partial charge in [-0.05, 0) is 13.0 Å². The van der Waals surface area contributed by atoms with Crippen LogP contribution in [0.15, 0.2) is 18.2 Å². The number of carboxylic acids is 1. The molecule has 2 aromatic carbocycles. The molecule has 0 saturated carbocycles. The number of hydrogen-bond acceptors (Lipinski definition) is 15. The first-order valence-electron chi connectivity index (χ1n) is 14.7. The van der Waals surface area contributed by atoms with Crippen LogP contribution >= 0.6 is 0 Å². The standard InChI is InChI=1S/C31H34N2O14/c1-11-25(37)14(32)7-20(46-11)47-17-9-31(43,18(34)10-45-30(42)15(33)6-19(35)36)8-13-22(17)29(41)24-23(27(13)39)26(38)12-4-3-5-16(44-2)21(12)28(24)40/h3-5,11,14-15,17,20,25,37,39,41,43H,6-10,32-33H2,1-2H3,(H,35,36)/t11-,14-,15+,17-,20-,25+,31-/m0/s1. The summed E-state index contributed by atoms with van der Waals surface area (Å²) >= 11 is 0. The number of rotatable bonds is 9. The van der Waals surface area contributed by atoms with Gasteiger partial charge in [0, 0.05) is 48.0 Å². The molecular formula is C31H34N2O14. The molecular weight excluding hydrogens is 624 g/mol. The molecule has 1 aliphatic heterocycles. The van der Waals surface area contributed by atoms with Gasteiger partial charge in [0.1, 0.15) is 22.8 Å². The first-order valence-corrected chi connectivity index (χ1v) is 14.7. The summed E-state index contributed by atoms with van der Waals surface area (Å²) in [4.78, 5) is 63.9. The summed E-state index contributed by atoms with van der Waals surface area (Å²) < 4.78 is 22.0. The summed E-state index contributed by atoms with van der Waals surface area (Å²) in [5, 5.41) is 55.9. The van der Waals surface area contributed by atoms with Gasteiger partial charge < -0.3 is 60.7 Å². The number of esters is 1. The molecule has 2 aliphatic carbocycles. The molecule has 9 N–H and O–H groups in total. The lowest BCUT2D eigenvalue weighted by molar-refractivity contribution is -0.413. The molecule has 0 radical (unpaired) electrons. The lowest BCUT2D eigenvalue weighted by Crippen LogP contribution is -2.67. The third-order valence-electron chi connectivity index (χ3n) is 8.75. The number of aromatic hydroxyl groups is 2. The number of ether oxygens (including phenoxy) is 4. The van der Waals surface area contributed by atoms with E-state index in [0.29, 0.717) is 0 Å². The zero-order valence-electron chi connectivity index (χ0n) is 25.4. The van der Waals surface area contributed by atoms with Crippen molar-refractivity contribution in [1.82, 2.24) is 0 Å². The van der Waals surface area contributed by atoms with Crippen LogP contribution in [-0.4, -0.2) is 99.6 Å². The first kappa shape index (κ1) is 33.9. The highest BCUT2D eigenvalue weighted by Gasteiger charge is 2.50. The lowest BCUT2D eigenvalue weighted by Gasteiger charge is -2.42. The van der Waals surface area contributed by atoms with Crippen molar-refractivity contribution >= 4 is 29.3 Å². The van der Waals surface area contributed by atoms with Crippen LogP contribution < -0.4 is 21.3 Å². The van der Waals surface area contributed by atoms with E-state index in [1.165, 1.54) is 32.2 Å². The fourth-order valence-corrected chi connectivity index (χ4v) is 6.28. The number of hydrogen-bond donors (Lipinski definition) is 6. The van der Waals surface area contributed by atoms with E-state index in [9.17, 15) is 49.5 Å². The van der Waals surface area contributed by atoms with Crippen molar-refractivity contribution in [3.05, 3.63) is 51.6 Å². The van der Waals surface area contributed by atoms with Crippen LogP contribution in [0.1, 0.15) is 75.3 Å². The fourth-order valence-electron chi connectivity index (χ4n) is 6.28. The predicted molar refractivity (Wildman–Crippen MR) is 152 cm³/mol. The highest BCUT2D eigenvalue weighted by atomic mass is 16.7. The minimum atomic E-state index is -2.45. The Labute approximate surface area is 266 Å². The van der Waals surface area contributed by atoms with E-state index in [4.69, 9.17) is 24.7 Å². The van der Waals surface area contributed by atoms with Gasteiger partial charge in [-0.25, -0.2) is 4.79 Å². The summed E-state index contributed by atoms with van der Waals surface area (Å²) in [5.41, 5.74) is 5.07. The molecule has 0 aromatic heterocycles. The molecule has 2 aromatic rings. The molecule has 5 rings (SSSR count). The van der Waals surface area contributed by atoms with Crippen LogP contribution in [0.5, 0.6) is 17.2 Å². The first-order chi connectivity index (χ1) is 22.1. The lowest BCUT2D eigenvalue weighted by atomic mass is 9.72. The topological polar surface area (TPSA) is 280 Å². The van der Waals surface area contributed by atoms with Crippen LogP contribution in [0.4, 0.5) is 0 Å². The average Bonchev–Trinajstić information content (AvgIpc) is 3.01. The van der Waals surface area contributed by atoms with Gasteiger partial charge in [-0.3, -0.25) is 14.4 Å². The number of carbonyl (C=O) groups excluding carboxylic acids is 5. The number of benzene rings is 2. The molecule has 0 spiro atoms. The van der Waals surface area contributed by atoms with Crippen molar-refractivity contribution in [3.8, 4) is 17.2 Å². The van der Waals surface area contributed by atoms with Gasteiger partial charge in [0.05, 0.1) is 48.5 Å². The summed E-state index contributed by atoms with van der Waals surface area (Å²) in [7, 11) is 1.29. The summed E-state index contributed by atoms with van der Waals surface area (Å²) in [5.74, 6) is -6.99. The maximum atomic E-state index is 13.8. The largest absolute Gasteiger partial charge is 0.550 e. The van der Waals surface area contributed by atoms with Crippen molar-refractivity contribution in [3.63, 3.8) is 0 Å². The van der Waals surface area contributed by atoms with Crippen LogP contribution in [-0.2, 0) is 35.0 Å². The number of carbonyl (C=O) groups is 5. The third kappa shape index (κ3) is 5.95. The molecule has 47 heavy (non-hydrogen) atoms. The number of phenolic OH excluding ortho intramolecular Hbond substituents is 2. The number of fused-ring (bicyclic) bond motifs is 3. The van der Waals surface area contributed by atoms with Crippen molar-refractivity contribution < 1.29 is 74.2 Å². The highest BCUT2D eigenvalue weighted by Crippen LogP contribution is 2.52. The number of phenols is 2. The maximum Gasteiger partial charge on any atom is 0.365 e. The van der Waals surface area contributed by atoms with Crippen LogP contribution in [0.25, 0.3) is 0 Å². The molecule has 0 bridgehead atoms. The zero-order valence-corrected chi connectivity index (χ0v) is 25.4. The summed E-state index contributed by atoms with van der Waals surface area (Å²) in [6.07, 6.45) is -6.69. The Morgan fingerprint density at radius 1 is 1.15 bits per heavy atom. The Hall–Kier alpha value is -4.45. The van der Waals surface area contributed by atoms with Crippen LogP contribution in [0, 0.1) is 0 Å². The Kier molecular flexibility index (Phi) is 9.11. The van der Waals surface area contributed by atoms with Gasteiger partial charge in [0.25, 0.3) is 0 Å². The van der Waals surface area contributed by atoms with Gasteiger partial charge in [-0.15, -0.1) is 0 Å². The smallest absolute Gasteiger partial charge is 0.365 e. The molecule has 0 unspecified atom stereocenters. The van der Waals surface area contributed by atoms with Crippen molar-refractivity contribution in [2.75, 3.05) is 13.7 Å². The van der Waals surface area contributed by atoms with E-state index in [1.54, 1.807) is 0 Å². The molecule has 16 heteroatoms. The number of nitrogens with two attached hydrogens (primary N) is 1. The van der Waals surface area contributed by atoms with Gasteiger partial charge in [0.2, 0.25) is 11.6 Å². The molecule has 16 nitrogen and oxygen atoms in total. The molecule has 7 atom stereocenters. The quantitative estimate of drug-likeness (QED) is 0.101. The van der Waals surface area contributed by atoms with Crippen molar-refractivity contribution in [2.24, 2.45) is 5.73 Å². The second-order valence-electron chi connectivity index (χ2n) is 11.9. The SMILES string of the molecule is COc1cccc2c1C(=O)c1c(O)c3c(c(O)c1C2=O)C[C@@](O)(C(=O)COC(=O)[C@H]([NH3+])CC(=O)[O-])C[C@@H]3O[C@H]1C[C@H](N)[C@H](O)[C@H](C)O1. The maximum absolute atomic E-state index is 13.8. The molecule has 1 heterocycles. The average molecular weight is 659 g/mol. The fraction of sp³-hybridized carbons (Fsp3) is 0.452. The number of aliphatic carboxylic acids is 1. The highest BCUT2D eigenvalue weighted by molar-refractivity contribution is 6.31. The van der Waals surface area contributed by atoms with E-state index in [1.807, 2.05) is 0 Å². The number of methoxy groups -OCH3 is 1. The normalized spacial score (nSPS) is 27.2. The number of aliphatic hydroxyl groups excluding tert-OH is 1. The molecule has 0 amide bonds. The third-order valence-corrected chi connectivity index (χ3v) is 8.75. The second kappa shape index (κ2) is 12.6. The van der Waals surface area contributed by atoms with E-state index < -0.39 is 120 Å². The minimum Gasteiger partial charge on any atom is -0.550 e. The second-order valence-corrected chi connectivity index (χ2v) is 11.9. The van der Waals surface area contributed by atoms with Gasteiger partial charge in [0.15, 0.2) is 24.7 Å². The number of quaternary nitrogens is 1. The van der Waals surface area contributed by atoms with E-state index >= 15 is 0 Å². The Morgan fingerprint density at radius 2 is 1.83 bits per heavy atom. The van der Waals surface area contributed by atoms with E-state index in [-0.39, 0.29) is 34.4 Å². The minimum absolute atomic E-state index is 0.0479. The predicted octanol–water partition coefficient (Wildman–Crippen LogP) is -2.70. The van der Waals surface area contributed by atoms with Gasteiger partial charge in [-0.2, -0.15) is 0 Å². The summed E-state index contributed by atoms with van der Waals surface area (Å²) in [6, 6.07) is 2.03. The Morgan fingerprint density at radius 3 is 2.47 bits per heavy atom. The van der Waals surface area contributed by atoms with E-state index in [0.717, 1.165) is 0 Å². The van der Waals surface area contributed by atoms with Crippen LogP contribution in [0.3, 0.4) is 0 Å². The number of aliphatic hydroxyl groups is 2. The van der Waals surface area contributed by atoms with E-state index in [2.05, 4.69) is 5.73 Å². The molecule has 1 fully saturated rings. The van der Waals surface area contributed by atoms with Crippen molar-refractivity contribution in [1.29, 1.82) is 0 Å². The Balaban J connectivity index is 1.58. The number of ketones is 3. The molecule has 1 saturated heterocycles. The zero-order chi connectivity index (χ0) is 34.5. The van der Waals surface area contributed by atoms with Gasteiger partial charge in [-0.1, -0.05) is 12.1 Å². The van der Waals surface area contributed by atoms with Crippen molar-refractivity contribution in [2.45, 2.75) is 74.9 Å². The molecule has 252 valence electrons. The van der Waals surface area contributed by atoms with Gasteiger partial charge >= 0.3 is 5.97 Å².